The van der Waals surface area contributed by atoms with E-state index in [4.69, 9.17) is 12.2 Å². The van der Waals surface area contributed by atoms with Gasteiger partial charge in [0.1, 0.15) is 0 Å². The van der Waals surface area contributed by atoms with Crippen molar-refractivity contribution in [2.45, 2.75) is 13.3 Å². The van der Waals surface area contributed by atoms with Crippen molar-refractivity contribution < 1.29 is 4.92 Å². The average molecular weight is 277 g/mol. The van der Waals surface area contributed by atoms with E-state index in [1.165, 1.54) is 23.0 Å². The highest BCUT2D eigenvalue weighted by atomic mass is 32.1. The Bertz CT molecular complexity index is 688. The molecule has 98 valence electrons. The molecule has 0 aliphatic carbocycles. The average Bonchev–Trinajstić information content (AvgIpc) is 2.77. The second-order valence-electron chi connectivity index (χ2n) is 3.71. The van der Waals surface area contributed by atoms with E-state index in [1.807, 2.05) is 6.92 Å². The molecule has 0 bridgehead atoms. The summed E-state index contributed by atoms with van der Waals surface area (Å²) in [7, 11) is 0. The van der Waals surface area contributed by atoms with Crippen LogP contribution in [0.4, 0.5) is 5.69 Å². The van der Waals surface area contributed by atoms with E-state index in [2.05, 4.69) is 15.3 Å². The molecule has 0 spiro atoms. The van der Waals surface area contributed by atoms with Crippen LogP contribution in [0, 0.1) is 14.9 Å². The minimum Gasteiger partial charge on any atom is -0.258 e. The molecule has 1 heterocycles. The third kappa shape index (κ3) is 2.91. The number of non-ortho nitro benzene ring substituents is 1. The summed E-state index contributed by atoms with van der Waals surface area (Å²) in [6.07, 6.45) is 2.19. The normalized spacial score (nSPS) is 11.0. The van der Waals surface area contributed by atoms with E-state index in [0.717, 1.165) is 0 Å². The first-order valence-corrected chi connectivity index (χ1v) is 5.97. The minimum atomic E-state index is -0.446. The number of aromatic nitrogens is 3. The topological polar surface area (TPSA) is 89.1 Å². The molecule has 0 fully saturated rings. The summed E-state index contributed by atoms with van der Waals surface area (Å²) in [5.74, 6) is 0.701. The largest absolute Gasteiger partial charge is 0.270 e. The first kappa shape index (κ1) is 13.1. The molecular formula is C11H11N5O2S. The highest BCUT2D eigenvalue weighted by Gasteiger charge is 2.05. The maximum atomic E-state index is 10.7. The Balaban J connectivity index is 2.32. The van der Waals surface area contributed by atoms with Crippen LogP contribution in [-0.2, 0) is 6.42 Å². The van der Waals surface area contributed by atoms with Gasteiger partial charge in [-0.3, -0.25) is 15.2 Å². The zero-order chi connectivity index (χ0) is 13.8. The van der Waals surface area contributed by atoms with Crippen LogP contribution in [-0.4, -0.2) is 26.0 Å². The first-order valence-electron chi connectivity index (χ1n) is 5.57. The highest BCUT2D eigenvalue weighted by Crippen LogP contribution is 2.11. The summed E-state index contributed by atoms with van der Waals surface area (Å²) in [6, 6.07) is 6.21. The number of benzene rings is 1. The summed E-state index contributed by atoms with van der Waals surface area (Å²) < 4.78 is 1.88. The molecule has 7 nitrogen and oxygen atoms in total. The second-order valence-corrected chi connectivity index (χ2v) is 4.09. The third-order valence-corrected chi connectivity index (χ3v) is 2.70. The van der Waals surface area contributed by atoms with Gasteiger partial charge in [-0.1, -0.05) is 19.1 Å². The number of nitro groups is 1. The Hall–Kier alpha value is -2.35. The molecule has 0 atom stereocenters. The predicted molar refractivity (Wildman–Crippen MR) is 72.9 cm³/mol. The smallest absolute Gasteiger partial charge is 0.258 e. The predicted octanol–water partition coefficient (Wildman–Crippen LogP) is 2.29. The Morgan fingerprint density at radius 1 is 1.63 bits per heavy atom. The molecule has 0 amide bonds. The fourth-order valence-corrected chi connectivity index (χ4v) is 1.71. The van der Waals surface area contributed by atoms with Crippen molar-refractivity contribution in [3.05, 3.63) is 50.5 Å². The zero-order valence-electron chi connectivity index (χ0n) is 10.1. The van der Waals surface area contributed by atoms with Gasteiger partial charge < -0.3 is 0 Å². The van der Waals surface area contributed by atoms with Crippen LogP contribution >= 0.6 is 12.2 Å². The molecule has 0 saturated carbocycles. The SMILES string of the molecule is CCc1n[nH]c(=S)n1/N=C\c1cccc([N+](=O)[O-])c1. The van der Waals surface area contributed by atoms with Crippen LogP contribution in [0.3, 0.4) is 0 Å². The number of aromatic amines is 1. The zero-order valence-corrected chi connectivity index (χ0v) is 10.9. The van der Waals surface area contributed by atoms with Gasteiger partial charge in [-0.05, 0) is 12.2 Å². The number of rotatable bonds is 4. The number of aryl methyl sites for hydroxylation is 1. The summed E-state index contributed by atoms with van der Waals surface area (Å²) in [5.41, 5.74) is 0.648. The number of hydrogen-bond donors (Lipinski definition) is 1. The number of nitrogens with zero attached hydrogens (tertiary/aromatic N) is 4. The summed E-state index contributed by atoms with van der Waals surface area (Å²) in [4.78, 5) is 10.2. The Kier molecular flexibility index (Phi) is 3.81. The Morgan fingerprint density at radius 3 is 3.11 bits per heavy atom. The van der Waals surface area contributed by atoms with Crippen LogP contribution in [0.25, 0.3) is 0 Å². The molecule has 1 N–H and O–H groups in total. The van der Waals surface area contributed by atoms with E-state index in [0.29, 0.717) is 22.6 Å². The van der Waals surface area contributed by atoms with Crippen molar-refractivity contribution in [3.8, 4) is 0 Å². The van der Waals surface area contributed by atoms with Crippen molar-refractivity contribution in [3.63, 3.8) is 0 Å². The van der Waals surface area contributed by atoms with Gasteiger partial charge in [-0.2, -0.15) is 14.9 Å². The molecule has 0 unspecified atom stereocenters. The van der Waals surface area contributed by atoms with Gasteiger partial charge in [-0.25, -0.2) is 0 Å². The van der Waals surface area contributed by atoms with E-state index in [9.17, 15) is 10.1 Å². The molecule has 1 aromatic carbocycles. The van der Waals surface area contributed by atoms with E-state index < -0.39 is 4.92 Å². The van der Waals surface area contributed by atoms with Gasteiger partial charge in [0.15, 0.2) is 5.82 Å². The van der Waals surface area contributed by atoms with Crippen LogP contribution < -0.4 is 0 Å². The standard InChI is InChI=1S/C11H11N5O2S/c1-2-10-13-14-11(19)15(10)12-7-8-4-3-5-9(6-8)16(17)18/h3-7H,2H2,1H3,(H,14,19)/b12-7-. The number of hydrogen-bond acceptors (Lipinski definition) is 5. The van der Waals surface area contributed by atoms with Gasteiger partial charge >= 0.3 is 0 Å². The molecule has 8 heteroatoms. The molecule has 0 aliphatic heterocycles. The van der Waals surface area contributed by atoms with Gasteiger partial charge in [0.25, 0.3) is 5.69 Å². The highest BCUT2D eigenvalue weighted by molar-refractivity contribution is 7.71. The Labute approximate surface area is 113 Å². The van der Waals surface area contributed by atoms with Crippen LogP contribution in [0.2, 0.25) is 0 Å². The lowest BCUT2D eigenvalue weighted by Gasteiger charge is -1.97. The van der Waals surface area contributed by atoms with Gasteiger partial charge in [0.05, 0.1) is 11.1 Å². The second kappa shape index (κ2) is 5.53. The summed E-state index contributed by atoms with van der Waals surface area (Å²) >= 11 is 5.04. The minimum absolute atomic E-state index is 0.0236. The Morgan fingerprint density at radius 2 is 2.42 bits per heavy atom. The molecule has 2 aromatic rings. The van der Waals surface area contributed by atoms with Crippen LogP contribution in [0.1, 0.15) is 18.3 Å². The van der Waals surface area contributed by atoms with Crippen LogP contribution in [0.15, 0.2) is 29.4 Å². The van der Waals surface area contributed by atoms with Crippen LogP contribution in [0.5, 0.6) is 0 Å². The lowest BCUT2D eigenvalue weighted by molar-refractivity contribution is -0.384. The fourth-order valence-electron chi connectivity index (χ4n) is 1.52. The van der Waals surface area contributed by atoms with Gasteiger partial charge in [0, 0.05) is 24.1 Å². The number of nitro benzene ring substituents is 1. The van der Waals surface area contributed by atoms with Crippen molar-refractivity contribution >= 4 is 24.1 Å². The molecular weight excluding hydrogens is 266 g/mol. The maximum absolute atomic E-state index is 10.7. The van der Waals surface area contributed by atoms with Crippen molar-refractivity contribution in [2.24, 2.45) is 5.10 Å². The number of nitrogens with one attached hydrogen (secondary N) is 1. The monoisotopic (exact) mass is 277 g/mol. The van der Waals surface area contributed by atoms with E-state index in [-0.39, 0.29) is 5.69 Å². The lowest BCUT2D eigenvalue weighted by atomic mass is 10.2. The lowest BCUT2D eigenvalue weighted by Crippen LogP contribution is -1.97. The third-order valence-electron chi connectivity index (χ3n) is 2.44. The summed E-state index contributed by atoms with van der Waals surface area (Å²) in [5, 5.41) is 21.5. The maximum Gasteiger partial charge on any atom is 0.270 e. The molecule has 0 radical (unpaired) electrons. The molecule has 1 aromatic heterocycles. The van der Waals surface area contributed by atoms with E-state index in [1.54, 1.807) is 12.1 Å². The fraction of sp³-hybridized carbons (Fsp3) is 0.182. The molecule has 0 aliphatic rings. The van der Waals surface area contributed by atoms with Gasteiger partial charge in [-0.15, -0.1) is 0 Å². The quantitative estimate of drug-likeness (QED) is 0.402. The van der Waals surface area contributed by atoms with Crippen molar-refractivity contribution in [1.82, 2.24) is 14.9 Å². The summed E-state index contributed by atoms with van der Waals surface area (Å²) in [6.45, 7) is 1.93. The van der Waals surface area contributed by atoms with Crippen molar-refractivity contribution in [2.75, 3.05) is 0 Å². The van der Waals surface area contributed by atoms with E-state index >= 15 is 0 Å². The number of H-pyrrole nitrogens is 1. The molecule has 19 heavy (non-hydrogen) atoms. The molecule has 2 rings (SSSR count). The first-order chi connectivity index (χ1) is 9.11. The van der Waals surface area contributed by atoms with Gasteiger partial charge in [0.2, 0.25) is 4.77 Å². The van der Waals surface area contributed by atoms with Crippen molar-refractivity contribution in [1.29, 1.82) is 0 Å². The molecule has 0 saturated heterocycles.